The van der Waals surface area contributed by atoms with Crippen LogP contribution in [0.1, 0.15) is 48.7 Å². The molecule has 8 heteroatoms. The highest BCUT2D eigenvalue weighted by molar-refractivity contribution is 6.35. The number of hydrogen-bond acceptors (Lipinski definition) is 4. The van der Waals surface area contributed by atoms with Gasteiger partial charge in [0.1, 0.15) is 0 Å². The molecule has 2 aromatic carbocycles. The van der Waals surface area contributed by atoms with Crippen molar-refractivity contribution in [1.82, 2.24) is 5.32 Å². The van der Waals surface area contributed by atoms with Crippen LogP contribution in [-0.2, 0) is 14.3 Å². The van der Waals surface area contributed by atoms with Gasteiger partial charge in [-0.2, -0.15) is 0 Å². The Balaban J connectivity index is 1.58. The van der Waals surface area contributed by atoms with Gasteiger partial charge in [-0.25, -0.2) is 4.79 Å². The van der Waals surface area contributed by atoms with Crippen LogP contribution in [0.15, 0.2) is 42.5 Å². The van der Waals surface area contributed by atoms with Gasteiger partial charge in [-0.15, -0.1) is 0 Å². The van der Waals surface area contributed by atoms with Crippen molar-refractivity contribution in [3.05, 3.63) is 63.6 Å². The molecule has 30 heavy (non-hydrogen) atoms. The van der Waals surface area contributed by atoms with E-state index in [1.807, 2.05) is 0 Å². The van der Waals surface area contributed by atoms with E-state index in [2.05, 4.69) is 10.6 Å². The van der Waals surface area contributed by atoms with Gasteiger partial charge in [-0.3, -0.25) is 9.59 Å². The first-order valence-corrected chi connectivity index (χ1v) is 10.4. The topological polar surface area (TPSA) is 84.5 Å². The Hall–Kier alpha value is -2.57. The van der Waals surface area contributed by atoms with Crippen LogP contribution in [0.2, 0.25) is 10.0 Å². The highest BCUT2D eigenvalue weighted by Crippen LogP contribution is 2.30. The Kier molecular flexibility index (Phi) is 7.00. The minimum Gasteiger partial charge on any atom is -0.449 e. The molecule has 0 aromatic heterocycles. The minimum absolute atomic E-state index is 0.0527. The fraction of sp³-hybridized carbons (Fsp3) is 0.318. The highest BCUT2D eigenvalue weighted by atomic mass is 35.5. The molecule has 2 atom stereocenters. The maximum Gasteiger partial charge on any atom is 0.338 e. The van der Waals surface area contributed by atoms with Crippen LogP contribution in [-0.4, -0.2) is 23.9 Å². The van der Waals surface area contributed by atoms with Gasteiger partial charge in [-0.1, -0.05) is 35.3 Å². The number of benzene rings is 2. The summed E-state index contributed by atoms with van der Waals surface area (Å²) < 4.78 is 5.29. The Morgan fingerprint density at radius 1 is 1.07 bits per heavy atom. The smallest absolute Gasteiger partial charge is 0.338 e. The molecule has 1 aliphatic rings. The summed E-state index contributed by atoms with van der Waals surface area (Å²) in [4.78, 5) is 36.8. The normalized spacial score (nSPS) is 15.1. The molecule has 0 bridgehead atoms. The zero-order valence-electron chi connectivity index (χ0n) is 16.6. The number of carbonyl (C=O) groups is 3. The van der Waals surface area contributed by atoms with Crippen LogP contribution in [0.4, 0.5) is 5.69 Å². The van der Waals surface area contributed by atoms with Gasteiger partial charge in [-0.05, 0) is 62.6 Å². The van der Waals surface area contributed by atoms with Gasteiger partial charge in [0.25, 0.3) is 5.91 Å². The van der Waals surface area contributed by atoms with Crippen LogP contribution in [0.5, 0.6) is 0 Å². The summed E-state index contributed by atoms with van der Waals surface area (Å²) in [6.07, 6.45) is 0.760. The summed E-state index contributed by atoms with van der Waals surface area (Å²) >= 11 is 12.1. The third kappa shape index (κ3) is 5.74. The molecule has 1 saturated carbocycles. The van der Waals surface area contributed by atoms with Crippen LogP contribution in [0.25, 0.3) is 0 Å². The van der Waals surface area contributed by atoms with Crippen LogP contribution in [0.3, 0.4) is 0 Å². The molecule has 2 amide bonds. The lowest BCUT2D eigenvalue weighted by Crippen LogP contribution is -2.37. The Morgan fingerprint density at radius 2 is 1.80 bits per heavy atom. The molecular formula is C22H22Cl2N2O4. The van der Waals surface area contributed by atoms with Crippen molar-refractivity contribution >= 4 is 46.7 Å². The van der Waals surface area contributed by atoms with E-state index in [1.54, 1.807) is 43.3 Å². The highest BCUT2D eigenvalue weighted by Gasteiger charge is 2.29. The molecule has 0 heterocycles. The average Bonchev–Trinajstić information content (AvgIpc) is 3.53. The van der Waals surface area contributed by atoms with E-state index in [-0.39, 0.29) is 17.4 Å². The molecule has 0 saturated heterocycles. The van der Waals surface area contributed by atoms with E-state index in [1.165, 1.54) is 13.0 Å². The first-order valence-electron chi connectivity index (χ1n) is 9.62. The number of halogens is 2. The zero-order valence-corrected chi connectivity index (χ0v) is 18.1. The van der Waals surface area contributed by atoms with Gasteiger partial charge in [0.15, 0.2) is 6.10 Å². The zero-order chi connectivity index (χ0) is 21.8. The SMILES string of the molecule is CC(OC(=O)c1cccc(NC(=O)C2CC2)c1)C(=O)NC(C)c1ccc(Cl)cc1Cl. The molecule has 0 aliphatic heterocycles. The largest absolute Gasteiger partial charge is 0.449 e. The number of hydrogen-bond donors (Lipinski definition) is 2. The maximum absolute atomic E-state index is 12.5. The predicted molar refractivity (Wildman–Crippen MR) is 116 cm³/mol. The lowest BCUT2D eigenvalue weighted by molar-refractivity contribution is -0.129. The summed E-state index contributed by atoms with van der Waals surface area (Å²) in [7, 11) is 0. The molecule has 1 aliphatic carbocycles. The molecule has 6 nitrogen and oxygen atoms in total. The van der Waals surface area contributed by atoms with Crippen LogP contribution >= 0.6 is 23.2 Å². The van der Waals surface area contributed by atoms with Gasteiger partial charge < -0.3 is 15.4 Å². The molecule has 0 spiro atoms. The van der Waals surface area contributed by atoms with E-state index >= 15 is 0 Å². The van der Waals surface area contributed by atoms with E-state index in [4.69, 9.17) is 27.9 Å². The van der Waals surface area contributed by atoms with Crippen molar-refractivity contribution in [2.45, 2.75) is 38.8 Å². The molecular weight excluding hydrogens is 427 g/mol. The number of ether oxygens (including phenoxy) is 1. The van der Waals surface area contributed by atoms with Gasteiger partial charge in [0.2, 0.25) is 5.91 Å². The fourth-order valence-corrected chi connectivity index (χ4v) is 3.43. The number of anilines is 1. The second-order valence-electron chi connectivity index (χ2n) is 7.29. The third-order valence-corrected chi connectivity index (χ3v) is 5.32. The molecule has 0 radical (unpaired) electrons. The average molecular weight is 449 g/mol. The number of carbonyl (C=O) groups excluding carboxylic acids is 3. The number of esters is 1. The quantitative estimate of drug-likeness (QED) is 0.597. The van der Waals surface area contributed by atoms with Crippen molar-refractivity contribution in [2.24, 2.45) is 5.92 Å². The molecule has 3 rings (SSSR count). The van der Waals surface area contributed by atoms with Crippen molar-refractivity contribution in [2.75, 3.05) is 5.32 Å². The second-order valence-corrected chi connectivity index (χ2v) is 8.13. The van der Waals surface area contributed by atoms with Gasteiger partial charge >= 0.3 is 5.97 Å². The van der Waals surface area contributed by atoms with Gasteiger partial charge in [0.05, 0.1) is 11.6 Å². The molecule has 1 fully saturated rings. The third-order valence-electron chi connectivity index (χ3n) is 4.75. The standard InChI is InChI=1S/C22H22Cl2N2O4/c1-12(18-9-8-16(23)11-19(18)24)25-20(27)13(2)30-22(29)15-4-3-5-17(10-15)26-21(28)14-6-7-14/h3-5,8-14H,6-7H2,1-2H3,(H,25,27)(H,26,28). The first-order chi connectivity index (χ1) is 14.2. The van der Waals surface area contributed by atoms with E-state index in [0.717, 1.165) is 12.8 Å². The lowest BCUT2D eigenvalue weighted by Gasteiger charge is -2.19. The molecule has 2 unspecified atom stereocenters. The number of amides is 2. The van der Waals surface area contributed by atoms with E-state index in [0.29, 0.717) is 21.3 Å². The van der Waals surface area contributed by atoms with E-state index < -0.39 is 24.0 Å². The summed E-state index contributed by atoms with van der Waals surface area (Å²) in [5.74, 6) is -1.11. The Morgan fingerprint density at radius 3 is 2.47 bits per heavy atom. The molecule has 2 aromatic rings. The van der Waals surface area contributed by atoms with Crippen LogP contribution in [0, 0.1) is 5.92 Å². The maximum atomic E-state index is 12.5. The molecule has 158 valence electrons. The van der Waals surface area contributed by atoms with Gasteiger partial charge in [0, 0.05) is 21.7 Å². The predicted octanol–water partition coefficient (Wildman–Crippen LogP) is 4.76. The van der Waals surface area contributed by atoms with Crippen molar-refractivity contribution in [3.8, 4) is 0 Å². The fourth-order valence-electron chi connectivity index (χ4n) is 2.86. The minimum atomic E-state index is -1.02. The monoisotopic (exact) mass is 448 g/mol. The lowest BCUT2D eigenvalue weighted by atomic mass is 10.1. The Bertz CT molecular complexity index is 975. The number of nitrogens with one attached hydrogen (secondary N) is 2. The summed E-state index contributed by atoms with van der Waals surface area (Å²) in [5.41, 5.74) is 1.47. The van der Waals surface area contributed by atoms with Crippen molar-refractivity contribution in [3.63, 3.8) is 0 Å². The molecule has 2 N–H and O–H groups in total. The first kappa shape index (κ1) is 22.1. The summed E-state index contributed by atoms with van der Waals surface area (Å²) in [6.45, 7) is 3.26. The second kappa shape index (κ2) is 9.49. The van der Waals surface area contributed by atoms with Crippen molar-refractivity contribution < 1.29 is 19.1 Å². The summed E-state index contributed by atoms with van der Waals surface area (Å²) in [6, 6.07) is 11.1. The summed E-state index contributed by atoms with van der Waals surface area (Å²) in [5, 5.41) is 6.49. The van der Waals surface area contributed by atoms with E-state index in [9.17, 15) is 14.4 Å². The van der Waals surface area contributed by atoms with Crippen LogP contribution < -0.4 is 10.6 Å². The number of rotatable bonds is 7. The Labute approximate surface area is 184 Å². The van der Waals surface area contributed by atoms with Crippen molar-refractivity contribution in [1.29, 1.82) is 0 Å².